The Morgan fingerprint density at radius 3 is 3.00 bits per heavy atom. The second kappa shape index (κ2) is 5.72. The van der Waals surface area contributed by atoms with Crippen LogP contribution in [0.5, 0.6) is 0 Å². The highest BCUT2D eigenvalue weighted by atomic mass is 32.2. The van der Waals surface area contributed by atoms with Crippen LogP contribution in [0.4, 0.5) is 5.69 Å². The van der Waals surface area contributed by atoms with Gasteiger partial charge in [0.05, 0.1) is 0 Å². The number of rotatable bonds is 5. The maximum absolute atomic E-state index is 11.0. The number of hydrogen-bond acceptors (Lipinski definition) is 5. The van der Waals surface area contributed by atoms with Crippen molar-refractivity contribution in [1.82, 2.24) is 20.2 Å². The summed E-state index contributed by atoms with van der Waals surface area (Å²) in [5.41, 5.74) is 7.30. The van der Waals surface area contributed by atoms with Gasteiger partial charge >= 0.3 is 0 Å². The van der Waals surface area contributed by atoms with Gasteiger partial charge in [0, 0.05) is 40.6 Å². The first-order chi connectivity index (χ1) is 8.66. The summed E-state index contributed by atoms with van der Waals surface area (Å²) in [6, 6.07) is 7.43. The van der Waals surface area contributed by atoms with Crippen LogP contribution in [0.3, 0.4) is 0 Å². The van der Waals surface area contributed by atoms with Gasteiger partial charge in [-0.3, -0.25) is 4.21 Å². The Labute approximate surface area is 108 Å². The lowest BCUT2D eigenvalue weighted by Crippen LogP contribution is -2.06. The standard InChI is InChI=1S/C11H15N5OS/c1-18(17)7-3-6-16-11(13-14-15-16)9-4-2-5-10(12)8-9/h2,4-5,8H,3,6-7,12H2,1H3. The average molecular weight is 265 g/mol. The van der Waals surface area contributed by atoms with Crippen LogP contribution in [0.25, 0.3) is 11.4 Å². The summed E-state index contributed by atoms with van der Waals surface area (Å²) in [5.74, 6) is 1.33. The molecule has 1 aromatic heterocycles. The number of nitrogen functional groups attached to an aromatic ring is 1. The maximum atomic E-state index is 11.0. The van der Waals surface area contributed by atoms with E-state index in [2.05, 4.69) is 15.5 Å². The van der Waals surface area contributed by atoms with Crippen molar-refractivity contribution in [2.24, 2.45) is 0 Å². The van der Waals surface area contributed by atoms with Crippen molar-refractivity contribution < 1.29 is 4.21 Å². The Morgan fingerprint density at radius 1 is 1.44 bits per heavy atom. The molecule has 2 N–H and O–H groups in total. The minimum atomic E-state index is -0.784. The Kier molecular flexibility index (Phi) is 4.03. The molecule has 2 aromatic rings. The maximum Gasteiger partial charge on any atom is 0.182 e. The van der Waals surface area contributed by atoms with Gasteiger partial charge in [0.15, 0.2) is 5.82 Å². The summed E-state index contributed by atoms with van der Waals surface area (Å²) in [6.07, 6.45) is 2.47. The van der Waals surface area contributed by atoms with Crippen molar-refractivity contribution in [2.75, 3.05) is 17.7 Å². The molecule has 18 heavy (non-hydrogen) atoms. The molecule has 2 rings (SSSR count). The molecule has 1 aromatic carbocycles. The van der Waals surface area contributed by atoms with E-state index in [1.165, 1.54) is 0 Å². The highest BCUT2D eigenvalue weighted by Crippen LogP contribution is 2.18. The number of tetrazole rings is 1. The van der Waals surface area contributed by atoms with Crippen molar-refractivity contribution in [3.63, 3.8) is 0 Å². The first-order valence-corrected chi connectivity index (χ1v) is 7.31. The largest absolute Gasteiger partial charge is 0.399 e. The molecule has 7 heteroatoms. The molecule has 1 atom stereocenters. The van der Waals surface area contributed by atoms with E-state index in [0.29, 0.717) is 23.8 Å². The Balaban J connectivity index is 2.15. The summed E-state index contributed by atoms with van der Waals surface area (Å²) in [7, 11) is -0.784. The van der Waals surface area contributed by atoms with Gasteiger partial charge < -0.3 is 5.73 Å². The van der Waals surface area contributed by atoms with Gasteiger partial charge in [0.1, 0.15) is 0 Å². The SMILES string of the molecule is CS(=O)CCCn1nnnc1-c1cccc(N)c1. The van der Waals surface area contributed by atoms with Crippen molar-refractivity contribution in [3.8, 4) is 11.4 Å². The second-order valence-corrected chi connectivity index (χ2v) is 5.54. The van der Waals surface area contributed by atoms with Crippen LogP contribution in [0.15, 0.2) is 24.3 Å². The molecule has 0 bridgehead atoms. The molecule has 0 aliphatic rings. The number of hydrogen-bond donors (Lipinski definition) is 1. The van der Waals surface area contributed by atoms with E-state index in [0.717, 1.165) is 12.0 Å². The Morgan fingerprint density at radius 2 is 2.28 bits per heavy atom. The smallest absolute Gasteiger partial charge is 0.182 e. The highest BCUT2D eigenvalue weighted by molar-refractivity contribution is 7.84. The van der Waals surface area contributed by atoms with Gasteiger partial charge in [-0.1, -0.05) is 12.1 Å². The summed E-state index contributed by atoms with van der Waals surface area (Å²) < 4.78 is 12.7. The van der Waals surface area contributed by atoms with Crippen LogP contribution in [-0.4, -0.2) is 36.4 Å². The van der Waals surface area contributed by atoms with E-state index < -0.39 is 10.8 Å². The van der Waals surface area contributed by atoms with E-state index in [-0.39, 0.29) is 0 Å². The van der Waals surface area contributed by atoms with Crippen LogP contribution in [-0.2, 0) is 17.3 Å². The molecule has 1 unspecified atom stereocenters. The third kappa shape index (κ3) is 3.13. The fourth-order valence-electron chi connectivity index (χ4n) is 1.66. The van der Waals surface area contributed by atoms with E-state index in [4.69, 9.17) is 5.73 Å². The number of aromatic nitrogens is 4. The lowest BCUT2D eigenvalue weighted by atomic mass is 10.2. The summed E-state index contributed by atoms with van der Waals surface area (Å²) >= 11 is 0. The van der Waals surface area contributed by atoms with Crippen LogP contribution in [0.2, 0.25) is 0 Å². The molecule has 0 radical (unpaired) electrons. The van der Waals surface area contributed by atoms with Gasteiger partial charge in [-0.05, 0) is 29.0 Å². The molecular weight excluding hydrogens is 250 g/mol. The molecule has 0 aliphatic heterocycles. The third-order valence-corrected chi connectivity index (χ3v) is 3.34. The highest BCUT2D eigenvalue weighted by Gasteiger charge is 2.08. The minimum absolute atomic E-state index is 0.649. The molecule has 0 saturated heterocycles. The van der Waals surface area contributed by atoms with E-state index >= 15 is 0 Å². The van der Waals surface area contributed by atoms with Crippen molar-refractivity contribution >= 4 is 16.5 Å². The second-order valence-electron chi connectivity index (χ2n) is 3.98. The Hall–Kier alpha value is -1.76. The van der Waals surface area contributed by atoms with Gasteiger partial charge in [0.25, 0.3) is 0 Å². The fourth-order valence-corrected chi connectivity index (χ4v) is 2.19. The predicted octanol–water partition coefficient (Wildman–Crippen LogP) is 0.691. The molecule has 0 saturated carbocycles. The van der Waals surface area contributed by atoms with E-state index in [1.54, 1.807) is 10.9 Å². The number of aryl methyl sites for hydroxylation is 1. The summed E-state index contributed by atoms with van der Waals surface area (Å²) in [4.78, 5) is 0. The number of anilines is 1. The van der Waals surface area contributed by atoms with Gasteiger partial charge in [-0.25, -0.2) is 4.68 Å². The predicted molar refractivity (Wildman–Crippen MR) is 71.2 cm³/mol. The number of nitrogens with zero attached hydrogens (tertiary/aromatic N) is 4. The van der Waals surface area contributed by atoms with Gasteiger partial charge in [-0.2, -0.15) is 0 Å². The lowest BCUT2D eigenvalue weighted by molar-refractivity contribution is 0.583. The van der Waals surface area contributed by atoms with Gasteiger partial charge in [0.2, 0.25) is 0 Å². The molecule has 6 nitrogen and oxygen atoms in total. The molecule has 0 fully saturated rings. The average Bonchev–Trinajstić information content (AvgIpc) is 2.77. The van der Waals surface area contributed by atoms with Crippen LogP contribution in [0.1, 0.15) is 6.42 Å². The zero-order valence-electron chi connectivity index (χ0n) is 10.1. The minimum Gasteiger partial charge on any atom is -0.399 e. The topological polar surface area (TPSA) is 86.7 Å². The first-order valence-electron chi connectivity index (χ1n) is 5.59. The summed E-state index contributed by atoms with van der Waals surface area (Å²) in [5, 5.41) is 11.6. The van der Waals surface area contributed by atoms with Crippen molar-refractivity contribution in [1.29, 1.82) is 0 Å². The monoisotopic (exact) mass is 265 g/mol. The van der Waals surface area contributed by atoms with Crippen molar-refractivity contribution in [3.05, 3.63) is 24.3 Å². The third-order valence-electron chi connectivity index (χ3n) is 2.48. The van der Waals surface area contributed by atoms with E-state index in [9.17, 15) is 4.21 Å². The van der Waals surface area contributed by atoms with E-state index in [1.807, 2.05) is 24.3 Å². The molecular formula is C11H15N5OS. The van der Waals surface area contributed by atoms with Crippen LogP contribution < -0.4 is 5.73 Å². The zero-order chi connectivity index (χ0) is 13.0. The molecule has 0 aliphatic carbocycles. The summed E-state index contributed by atoms with van der Waals surface area (Å²) in [6.45, 7) is 0.650. The molecule has 0 spiro atoms. The zero-order valence-corrected chi connectivity index (χ0v) is 10.9. The molecule has 1 heterocycles. The van der Waals surface area contributed by atoms with Crippen LogP contribution in [0, 0.1) is 0 Å². The Bertz CT molecular complexity index is 554. The van der Waals surface area contributed by atoms with Crippen LogP contribution >= 0.6 is 0 Å². The number of nitrogens with two attached hydrogens (primary N) is 1. The lowest BCUT2D eigenvalue weighted by Gasteiger charge is -2.04. The molecule has 0 amide bonds. The molecule has 96 valence electrons. The van der Waals surface area contributed by atoms with Gasteiger partial charge in [-0.15, -0.1) is 5.10 Å². The first kappa shape index (κ1) is 12.7. The quantitative estimate of drug-likeness (QED) is 0.804. The normalized spacial score (nSPS) is 12.5. The fraction of sp³-hybridized carbons (Fsp3) is 0.364. The number of benzene rings is 1. The van der Waals surface area contributed by atoms with Crippen molar-refractivity contribution in [2.45, 2.75) is 13.0 Å².